The normalized spacial score (nSPS) is 17.8. The predicted octanol–water partition coefficient (Wildman–Crippen LogP) is 4.94. The number of likely N-dealkylation sites (tertiary alicyclic amines) is 1. The molecule has 0 amide bonds. The Kier molecular flexibility index (Phi) is 3.74. The molecule has 1 aromatic heterocycles. The molecule has 1 aliphatic carbocycles. The zero-order chi connectivity index (χ0) is 15.8. The molecule has 2 nitrogen and oxygen atoms in total. The van der Waals surface area contributed by atoms with Crippen molar-refractivity contribution in [3.8, 4) is 11.1 Å². The van der Waals surface area contributed by atoms with Gasteiger partial charge in [0.25, 0.3) is 0 Å². The van der Waals surface area contributed by atoms with Gasteiger partial charge in [0, 0.05) is 35.8 Å². The summed E-state index contributed by atoms with van der Waals surface area (Å²) in [6.45, 7) is 6.68. The number of rotatable bonds is 2. The van der Waals surface area contributed by atoms with Crippen LogP contribution in [-0.2, 0) is 6.42 Å². The van der Waals surface area contributed by atoms with Crippen molar-refractivity contribution in [2.24, 2.45) is 0 Å². The van der Waals surface area contributed by atoms with E-state index in [1.807, 2.05) is 12.1 Å². The smallest absolute Gasteiger partial charge is 0.0379 e. The van der Waals surface area contributed by atoms with Gasteiger partial charge in [-0.25, -0.2) is 0 Å². The van der Waals surface area contributed by atoms with Crippen molar-refractivity contribution < 1.29 is 0 Å². The Labute approximate surface area is 141 Å². The van der Waals surface area contributed by atoms with Crippen molar-refractivity contribution in [1.29, 1.82) is 0 Å². The fraction of sp³-hybridized carbons (Fsp3) is 0.300. The molecule has 23 heavy (non-hydrogen) atoms. The fourth-order valence-corrected chi connectivity index (χ4v) is 4.71. The molecule has 2 heterocycles. The maximum absolute atomic E-state index is 5.98. The Balaban J connectivity index is 1.70. The van der Waals surface area contributed by atoms with Crippen LogP contribution < -0.4 is 5.73 Å². The van der Waals surface area contributed by atoms with Crippen LogP contribution in [0.4, 0.5) is 5.69 Å². The lowest BCUT2D eigenvalue weighted by Crippen LogP contribution is -2.30. The third-order valence-electron chi connectivity index (χ3n) is 4.84. The molecule has 0 bridgehead atoms. The van der Waals surface area contributed by atoms with E-state index in [0.29, 0.717) is 0 Å². The molecule has 1 aromatic carbocycles. The van der Waals surface area contributed by atoms with E-state index in [1.165, 1.54) is 59.6 Å². The predicted molar refractivity (Wildman–Crippen MR) is 100 cm³/mol. The van der Waals surface area contributed by atoms with Crippen molar-refractivity contribution in [2.75, 3.05) is 18.8 Å². The van der Waals surface area contributed by atoms with E-state index in [1.54, 1.807) is 11.3 Å². The minimum Gasteiger partial charge on any atom is -0.399 e. The van der Waals surface area contributed by atoms with Gasteiger partial charge in [0.2, 0.25) is 0 Å². The number of hydrogen-bond acceptors (Lipinski definition) is 3. The summed E-state index contributed by atoms with van der Waals surface area (Å²) in [7, 11) is 0. The van der Waals surface area contributed by atoms with E-state index in [9.17, 15) is 0 Å². The first-order valence-electron chi connectivity index (χ1n) is 8.33. The minimum atomic E-state index is 0.823. The molecule has 2 N–H and O–H groups in total. The van der Waals surface area contributed by atoms with Crippen LogP contribution in [0.15, 0.2) is 48.0 Å². The Morgan fingerprint density at radius 2 is 1.96 bits per heavy atom. The lowest BCUT2D eigenvalue weighted by Gasteiger charge is -2.33. The second kappa shape index (κ2) is 5.89. The topological polar surface area (TPSA) is 29.3 Å². The highest BCUT2D eigenvalue weighted by molar-refractivity contribution is 7.11. The van der Waals surface area contributed by atoms with Crippen molar-refractivity contribution in [3.63, 3.8) is 0 Å². The fourth-order valence-electron chi connectivity index (χ4n) is 3.66. The number of fused-ring (bicyclic) bond motifs is 1. The van der Waals surface area contributed by atoms with Gasteiger partial charge in [-0.2, -0.15) is 0 Å². The molecule has 0 spiro atoms. The highest BCUT2D eigenvalue weighted by atomic mass is 32.1. The number of nitrogen functional groups attached to an aromatic ring is 1. The van der Waals surface area contributed by atoms with Gasteiger partial charge in [-0.1, -0.05) is 18.7 Å². The van der Waals surface area contributed by atoms with Crippen LogP contribution >= 0.6 is 11.3 Å². The Morgan fingerprint density at radius 1 is 1.13 bits per heavy atom. The molecule has 0 radical (unpaired) electrons. The first kappa shape index (κ1) is 14.6. The van der Waals surface area contributed by atoms with Crippen LogP contribution in [0.3, 0.4) is 0 Å². The zero-order valence-electron chi connectivity index (χ0n) is 13.3. The second-order valence-corrected chi connectivity index (χ2v) is 7.35. The molecule has 1 fully saturated rings. The second-order valence-electron chi connectivity index (χ2n) is 6.47. The summed E-state index contributed by atoms with van der Waals surface area (Å²) in [6.07, 6.45) is 7.29. The van der Waals surface area contributed by atoms with E-state index in [2.05, 4.69) is 35.1 Å². The summed E-state index contributed by atoms with van der Waals surface area (Å²) in [5, 5.41) is 2.26. The van der Waals surface area contributed by atoms with E-state index in [0.717, 1.165) is 17.7 Å². The Bertz CT molecular complexity index is 779. The van der Waals surface area contributed by atoms with Crippen LogP contribution in [0.2, 0.25) is 0 Å². The van der Waals surface area contributed by atoms with Gasteiger partial charge >= 0.3 is 0 Å². The van der Waals surface area contributed by atoms with Crippen LogP contribution in [-0.4, -0.2) is 18.0 Å². The number of nitrogens with two attached hydrogens (primary N) is 1. The molecule has 2 aliphatic rings. The number of hydrogen-bond donors (Lipinski definition) is 1. The molecular weight excluding hydrogens is 300 g/mol. The highest BCUT2D eigenvalue weighted by Gasteiger charge is 2.24. The first-order valence-corrected chi connectivity index (χ1v) is 9.21. The summed E-state index contributed by atoms with van der Waals surface area (Å²) in [5.74, 6) is 0. The number of thiophene rings is 1. The summed E-state index contributed by atoms with van der Waals surface area (Å²) in [5.41, 5.74) is 13.4. The quantitative estimate of drug-likeness (QED) is 0.794. The zero-order valence-corrected chi connectivity index (χ0v) is 14.2. The van der Waals surface area contributed by atoms with Gasteiger partial charge < -0.3 is 10.6 Å². The average molecular weight is 322 g/mol. The number of piperidine rings is 1. The largest absolute Gasteiger partial charge is 0.399 e. The van der Waals surface area contributed by atoms with E-state index < -0.39 is 0 Å². The molecule has 2 aromatic rings. The summed E-state index contributed by atoms with van der Waals surface area (Å²) < 4.78 is 0. The maximum atomic E-state index is 5.98. The summed E-state index contributed by atoms with van der Waals surface area (Å²) in [6, 6.07) is 8.21. The molecule has 0 atom stereocenters. The number of benzene rings is 1. The maximum Gasteiger partial charge on any atom is 0.0379 e. The molecular formula is C20H22N2S. The third-order valence-corrected chi connectivity index (χ3v) is 5.94. The van der Waals surface area contributed by atoms with Crippen molar-refractivity contribution in [1.82, 2.24) is 4.90 Å². The average Bonchev–Trinajstić information content (AvgIpc) is 3.00. The Hall–Kier alpha value is -2.00. The lowest BCUT2D eigenvalue weighted by molar-refractivity contribution is 0.280. The molecule has 1 saturated heterocycles. The van der Waals surface area contributed by atoms with Crippen molar-refractivity contribution in [3.05, 3.63) is 58.4 Å². The van der Waals surface area contributed by atoms with E-state index >= 15 is 0 Å². The SMILES string of the molecule is C=C1C=C(N2CCCCC2)Cc2c(-c3cccc(N)c3)csc21. The minimum absolute atomic E-state index is 0.823. The molecule has 118 valence electrons. The molecule has 3 heteroatoms. The molecule has 4 rings (SSSR count). The summed E-state index contributed by atoms with van der Waals surface area (Å²) >= 11 is 1.81. The van der Waals surface area contributed by atoms with Gasteiger partial charge in [-0.15, -0.1) is 11.3 Å². The van der Waals surface area contributed by atoms with Gasteiger partial charge in [0.1, 0.15) is 0 Å². The first-order chi connectivity index (χ1) is 11.2. The molecule has 1 aliphatic heterocycles. The molecule has 0 unspecified atom stereocenters. The third kappa shape index (κ3) is 2.70. The van der Waals surface area contributed by atoms with Crippen LogP contribution in [0.5, 0.6) is 0 Å². The van der Waals surface area contributed by atoms with Crippen molar-refractivity contribution >= 4 is 22.6 Å². The highest BCUT2D eigenvalue weighted by Crippen LogP contribution is 2.41. The standard InChI is InChI=1S/C20H22N2S/c1-14-10-17(22-8-3-2-4-9-22)12-18-19(13-23-20(14)18)15-6-5-7-16(21)11-15/h5-7,10-11,13H,1-4,8-9,12,21H2. The van der Waals surface area contributed by atoms with Crippen LogP contribution in [0.25, 0.3) is 16.7 Å². The van der Waals surface area contributed by atoms with Gasteiger partial charge in [-0.05, 0) is 65.1 Å². The Morgan fingerprint density at radius 3 is 2.74 bits per heavy atom. The summed E-state index contributed by atoms with van der Waals surface area (Å²) in [4.78, 5) is 3.89. The number of nitrogens with zero attached hydrogens (tertiary/aromatic N) is 1. The van der Waals surface area contributed by atoms with Gasteiger partial charge in [0.05, 0.1) is 0 Å². The lowest BCUT2D eigenvalue weighted by atomic mass is 9.92. The van der Waals surface area contributed by atoms with E-state index in [4.69, 9.17) is 5.73 Å². The molecule has 0 saturated carbocycles. The van der Waals surface area contributed by atoms with Gasteiger partial charge in [0.15, 0.2) is 0 Å². The van der Waals surface area contributed by atoms with Gasteiger partial charge in [-0.3, -0.25) is 0 Å². The number of allylic oxidation sites excluding steroid dienone is 3. The van der Waals surface area contributed by atoms with Crippen LogP contribution in [0.1, 0.15) is 29.7 Å². The number of anilines is 1. The van der Waals surface area contributed by atoms with E-state index in [-0.39, 0.29) is 0 Å². The van der Waals surface area contributed by atoms with Crippen molar-refractivity contribution in [2.45, 2.75) is 25.7 Å². The van der Waals surface area contributed by atoms with Crippen LogP contribution in [0, 0.1) is 0 Å². The monoisotopic (exact) mass is 322 g/mol.